The number of carbonyl (C=O) groups excluding carboxylic acids is 4. The van der Waals surface area contributed by atoms with Gasteiger partial charge >= 0.3 is 6.03 Å². The quantitative estimate of drug-likeness (QED) is 0.601. The molecule has 4 amide bonds. The SMILES string of the molecule is CC(=O)N[C@H](C)c1ccc(C(=O)CN2C(=O)N[C@]3(CCCC[C@@H]3C)C2=O)cc1. The maximum atomic E-state index is 13.0. The Morgan fingerprint density at radius 2 is 1.93 bits per heavy atom. The average Bonchev–Trinajstić information content (AvgIpc) is 2.88. The molecule has 2 aliphatic rings. The second-order valence-corrected chi connectivity index (χ2v) is 7.91. The van der Waals surface area contributed by atoms with Gasteiger partial charge in [-0.1, -0.05) is 44.0 Å². The summed E-state index contributed by atoms with van der Waals surface area (Å²) in [5.41, 5.74) is 0.446. The molecule has 0 aromatic heterocycles. The summed E-state index contributed by atoms with van der Waals surface area (Å²) in [6, 6.07) is 6.21. The second-order valence-electron chi connectivity index (χ2n) is 7.91. The van der Waals surface area contributed by atoms with E-state index >= 15 is 0 Å². The van der Waals surface area contributed by atoms with Crippen LogP contribution in [-0.2, 0) is 9.59 Å². The van der Waals surface area contributed by atoms with Crippen molar-refractivity contribution in [2.75, 3.05) is 6.54 Å². The van der Waals surface area contributed by atoms with Crippen molar-refractivity contribution in [2.45, 2.75) is 58.0 Å². The van der Waals surface area contributed by atoms with Crippen molar-refractivity contribution in [1.82, 2.24) is 15.5 Å². The smallest absolute Gasteiger partial charge is 0.325 e. The number of carbonyl (C=O) groups is 4. The standard InChI is InChI=1S/C21H27N3O4/c1-13-6-4-5-11-21(13)19(27)24(20(28)23-21)12-18(26)17-9-7-16(8-10-17)14(2)22-15(3)25/h7-10,13-14H,4-6,11-12H2,1-3H3,(H,22,25)(H,23,28)/t13-,14+,21-/m0/s1. The summed E-state index contributed by atoms with van der Waals surface area (Å²) < 4.78 is 0. The van der Waals surface area contributed by atoms with Crippen LogP contribution in [0.3, 0.4) is 0 Å². The van der Waals surface area contributed by atoms with Gasteiger partial charge in [0.1, 0.15) is 5.54 Å². The molecule has 3 rings (SSSR count). The molecule has 0 radical (unpaired) electrons. The van der Waals surface area contributed by atoms with E-state index in [0.717, 1.165) is 29.7 Å². The zero-order chi connectivity index (χ0) is 20.5. The summed E-state index contributed by atoms with van der Waals surface area (Å²) in [6.07, 6.45) is 3.46. The van der Waals surface area contributed by atoms with Crippen LogP contribution in [0.2, 0.25) is 0 Å². The second kappa shape index (κ2) is 7.73. The first kappa shape index (κ1) is 20.0. The molecule has 1 heterocycles. The number of benzene rings is 1. The van der Waals surface area contributed by atoms with Crippen LogP contribution in [-0.4, -0.2) is 40.6 Å². The fourth-order valence-electron chi connectivity index (χ4n) is 4.22. The van der Waals surface area contributed by atoms with Crippen LogP contribution in [0, 0.1) is 5.92 Å². The molecule has 7 heteroatoms. The topological polar surface area (TPSA) is 95.6 Å². The molecule has 2 fully saturated rings. The fraction of sp³-hybridized carbons (Fsp3) is 0.524. The van der Waals surface area contributed by atoms with Gasteiger partial charge in [0.15, 0.2) is 5.78 Å². The summed E-state index contributed by atoms with van der Waals surface area (Å²) in [6.45, 7) is 5.03. The Kier molecular flexibility index (Phi) is 5.54. The molecule has 1 aliphatic heterocycles. The Morgan fingerprint density at radius 3 is 2.54 bits per heavy atom. The van der Waals surface area contributed by atoms with Gasteiger partial charge in [-0.3, -0.25) is 19.3 Å². The summed E-state index contributed by atoms with van der Waals surface area (Å²) >= 11 is 0. The number of Topliss-reactive ketones (excluding diaryl/α,β-unsaturated/α-hetero) is 1. The normalized spacial score (nSPS) is 25.5. The predicted molar refractivity (Wildman–Crippen MR) is 104 cm³/mol. The molecule has 1 aromatic carbocycles. The first-order chi connectivity index (χ1) is 13.2. The lowest BCUT2D eigenvalue weighted by Crippen LogP contribution is -2.54. The van der Waals surface area contributed by atoms with Crippen molar-refractivity contribution in [3.05, 3.63) is 35.4 Å². The molecular formula is C21H27N3O4. The van der Waals surface area contributed by atoms with E-state index in [0.29, 0.717) is 12.0 Å². The highest BCUT2D eigenvalue weighted by Gasteiger charge is 2.55. The Morgan fingerprint density at radius 1 is 1.25 bits per heavy atom. The molecule has 1 aliphatic carbocycles. The molecule has 2 N–H and O–H groups in total. The lowest BCUT2D eigenvalue weighted by Gasteiger charge is -2.36. The molecule has 7 nitrogen and oxygen atoms in total. The van der Waals surface area contributed by atoms with Crippen molar-refractivity contribution < 1.29 is 19.2 Å². The van der Waals surface area contributed by atoms with Crippen molar-refractivity contribution in [3.8, 4) is 0 Å². The van der Waals surface area contributed by atoms with Gasteiger partial charge in [0.25, 0.3) is 5.91 Å². The molecule has 1 saturated heterocycles. The van der Waals surface area contributed by atoms with Crippen LogP contribution in [0.1, 0.15) is 68.4 Å². The van der Waals surface area contributed by atoms with Crippen LogP contribution >= 0.6 is 0 Å². The molecular weight excluding hydrogens is 358 g/mol. The van der Waals surface area contributed by atoms with E-state index in [1.54, 1.807) is 24.3 Å². The summed E-state index contributed by atoms with van der Waals surface area (Å²) in [5.74, 6) is -0.638. The van der Waals surface area contributed by atoms with Gasteiger partial charge in [0.2, 0.25) is 5.91 Å². The van der Waals surface area contributed by atoms with Gasteiger partial charge in [-0.15, -0.1) is 0 Å². The minimum Gasteiger partial charge on any atom is -0.350 e. The third-order valence-electron chi connectivity index (χ3n) is 5.96. The van der Waals surface area contributed by atoms with Crippen LogP contribution in [0.5, 0.6) is 0 Å². The molecule has 0 bridgehead atoms. The molecule has 150 valence electrons. The Balaban J connectivity index is 1.70. The number of rotatable bonds is 5. The maximum absolute atomic E-state index is 13.0. The van der Waals surface area contributed by atoms with Gasteiger partial charge < -0.3 is 10.6 Å². The number of ketones is 1. The number of nitrogens with zero attached hydrogens (tertiary/aromatic N) is 1. The molecule has 1 aromatic rings. The number of urea groups is 1. The van der Waals surface area contributed by atoms with Crippen LogP contribution < -0.4 is 10.6 Å². The molecule has 1 spiro atoms. The zero-order valence-electron chi connectivity index (χ0n) is 16.6. The number of nitrogens with one attached hydrogen (secondary N) is 2. The number of amides is 4. The van der Waals surface area contributed by atoms with E-state index in [-0.39, 0.29) is 36.1 Å². The molecule has 1 saturated carbocycles. The Bertz CT molecular complexity index is 804. The lowest BCUT2D eigenvalue weighted by atomic mass is 9.73. The van der Waals surface area contributed by atoms with E-state index < -0.39 is 11.6 Å². The van der Waals surface area contributed by atoms with Crippen molar-refractivity contribution >= 4 is 23.6 Å². The third-order valence-corrected chi connectivity index (χ3v) is 5.96. The fourth-order valence-corrected chi connectivity index (χ4v) is 4.22. The Hall–Kier alpha value is -2.70. The van der Waals surface area contributed by atoms with Crippen LogP contribution in [0.4, 0.5) is 4.79 Å². The van der Waals surface area contributed by atoms with E-state index in [1.807, 2.05) is 13.8 Å². The summed E-state index contributed by atoms with van der Waals surface area (Å²) in [4.78, 5) is 50.3. The number of imide groups is 1. The van der Waals surface area contributed by atoms with Crippen LogP contribution in [0.15, 0.2) is 24.3 Å². The average molecular weight is 385 g/mol. The first-order valence-electron chi connectivity index (χ1n) is 9.79. The summed E-state index contributed by atoms with van der Waals surface area (Å²) in [7, 11) is 0. The molecule has 0 unspecified atom stereocenters. The van der Waals surface area contributed by atoms with Crippen LogP contribution in [0.25, 0.3) is 0 Å². The van der Waals surface area contributed by atoms with E-state index in [4.69, 9.17) is 0 Å². The third kappa shape index (κ3) is 3.66. The molecule has 3 atom stereocenters. The number of hydrogen-bond acceptors (Lipinski definition) is 4. The first-order valence-corrected chi connectivity index (χ1v) is 9.79. The zero-order valence-corrected chi connectivity index (χ0v) is 16.6. The van der Waals surface area contributed by atoms with Gasteiger partial charge in [0.05, 0.1) is 12.6 Å². The van der Waals surface area contributed by atoms with Crippen molar-refractivity contribution in [1.29, 1.82) is 0 Å². The van der Waals surface area contributed by atoms with Gasteiger partial charge in [-0.2, -0.15) is 0 Å². The maximum Gasteiger partial charge on any atom is 0.325 e. The highest BCUT2D eigenvalue weighted by atomic mass is 16.2. The lowest BCUT2D eigenvalue weighted by molar-refractivity contribution is -0.134. The highest BCUT2D eigenvalue weighted by Crippen LogP contribution is 2.38. The van der Waals surface area contributed by atoms with E-state index in [1.165, 1.54) is 6.92 Å². The van der Waals surface area contributed by atoms with Gasteiger partial charge in [0, 0.05) is 12.5 Å². The van der Waals surface area contributed by atoms with Crippen molar-refractivity contribution in [2.24, 2.45) is 5.92 Å². The highest BCUT2D eigenvalue weighted by molar-refractivity contribution is 6.11. The Labute approximate surface area is 164 Å². The largest absolute Gasteiger partial charge is 0.350 e. The predicted octanol–water partition coefficient (Wildman–Crippen LogP) is 2.57. The number of hydrogen-bond donors (Lipinski definition) is 2. The van der Waals surface area contributed by atoms with E-state index in [9.17, 15) is 19.2 Å². The van der Waals surface area contributed by atoms with Gasteiger partial charge in [-0.05, 0) is 31.2 Å². The van der Waals surface area contributed by atoms with Gasteiger partial charge in [-0.25, -0.2) is 4.79 Å². The summed E-state index contributed by atoms with van der Waals surface area (Å²) in [5, 5.41) is 5.65. The molecule has 28 heavy (non-hydrogen) atoms. The van der Waals surface area contributed by atoms with Crippen molar-refractivity contribution in [3.63, 3.8) is 0 Å². The van der Waals surface area contributed by atoms with E-state index in [2.05, 4.69) is 10.6 Å². The minimum absolute atomic E-state index is 0.0624. The minimum atomic E-state index is -0.854. The monoisotopic (exact) mass is 385 g/mol.